The Morgan fingerprint density at radius 1 is 0.909 bits per heavy atom. The number of hydrogen-bond acceptors (Lipinski definition) is 6. The number of rotatable bonds is 9. The lowest BCUT2D eigenvalue weighted by Crippen LogP contribution is -2.27. The zero-order valence-electron chi connectivity index (χ0n) is 18.3. The van der Waals surface area contributed by atoms with Crippen LogP contribution in [0.1, 0.15) is 44.6 Å². The molecule has 0 radical (unpaired) electrons. The first kappa shape index (κ1) is 24.4. The van der Waals surface area contributed by atoms with Crippen LogP contribution in [0.3, 0.4) is 0 Å². The smallest absolute Gasteiger partial charge is 0.416 e. The molecule has 1 atom stereocenters. The topological polar surface area (TPSA) is 66.4 Å². The molecule has 0 N–H and O–H groups in total. The van der Waals surface area contributed by atoms with Gasteiger partial charge in [0.25, 0.3) is 0 Å². The monoisotopic (exact) mass is 465 g/mol. The average molecular weight is 465 g/mol. The molecule has 178 valence electrons. The second-order valence-electron chi connectivity index (χ2n) is 7.57. The number of carbonyl (C=O) groups excluding carboxylic acids is 1. The predicted octanol–water partition coefficient (Wildman–Crippen LogP) is 6.14. The number of benzene rings is 2. The van der Waals surface area contributed by atoms with E-state index in [1.807, 2.05) is 0 Å². The number of hydrogen-bond donors (Lipinski definition) is 0. The first-order valence-corrected chi connectivity index (χ1v) is 10.8. The molecule has 6 nitrogen and oxygen atoms in total. The minimum atomic E-state index is -4.40. The molecule has 1 aliphatic rings. The maximum absolute atomic E-state index is 12.6. The number of nitrogens with zero attached hydrogens (tertiary/aromatic N) is 1. The summed E-state index contributed by atoms with van der Waals surface area (Å²) in [5.74, 6) is 0.562. The second kappa shape index (κ2) is 11.6. The van der Waals surface area contributed by atoms with Crippen molar-refractivity contribution < 1.29 is 37.0 Å². The summed E-state index contributed by atoms with van der Waals surface area (Å²) >= 11 is 0. The van der Waals surface area contributed by atoms with Crippen LogP contribution in [0.25, 0.3) is 0 Å². The van der Waals surface area contributed by atoms with E-state index in [1.165, 1.54) is 18.6 Å². The quantitative estimate of drug-likeness (QED) is 0.253. The van der Waals surface area contributed by atoms with Gasteiger partial charge in [0.05, 0.1) is 11.3 Å². The van der Waals surface area contributed by atoms with E-state index in [1.54, 1.807) is 31.2 Å². The van der Waals surface area contributed by atoms with Crippen LogP contribution in [-0.4, -0.2) is 31.0 Å². The van der Waals surface area contributed by atoms with Crippen molar-refractivity contribution >= 4 is 11.7 Å². The van der Waals surface area contributed by atoms with Gasteiger partial charge in [0, 0.05) is 0 Å². The number of oxime groups is 1. The van der Waals surface area contributed by atoms with Crippen LogP contribution in [0.2, 0.25) is 0 Å². The fraction of sp³-hybridized carbons (Fsp3) is 0.417. The van der Waals surface area contributed by atoms with Gasteiger partial charge in [0.15, 0.2) is 12.7 Å². The summed E-state index contributed by atoms with van der Waals surface area (Å²) in [7, 11) is 0. The highest BCUT2D eigenvalue weighted by Crippen LogP contribution is 2.31. The van der Waals surface area contributed by atoms with Crippen LogP contribution in [0.5, 0.6) is 17.2 Å². The second-order valence-corrected chi connectivity index (χ2v) is 7.57. The van der Waals surface area contributed by atoms with Gasteiger partial charge >= 0.3 is 12.1 Å². The molecule has 0 saturated heterocycles. The molecule has 0 unspecified atom stereocenters. The summed E-state index contributed by atoms with van der Waals surface area (Å²) < 4.78 is 54.1. The van der Waals surface area contributed by atoms with E-state index in [-0.39, 0.29) is 19.0 Å². The highest BCUT2D eigenvalue weighted by molar-refractivity contribution is 5.84. The van der Waals surface area contributed by atoms with Gasteiger partial charge in [0.1, 0.15) is 23.9 Å². The lowest BCUT2D eigenvalue weighted by molar-refractivity contribution is -0.152. The summed E-state index contributed by atoms with van der Waals surface area (Å²) in [6.45, 7) is 1.82. The summed E-state index contributed by atoms with van der Waals surface area (Å²) in [6.07, 6.45) is 0.172. The molecule has 0 amide bonds. The van der Waals surface area contributed by atoms with Crippen molar-refractivity contribution in [3.63, 3.8) is 0 Å². The Morgan fingerprint density at radius 2 is 1.48 bits per heavy atom. The fourth-order valence-electron chi connectivity index (χ4n) is 3.17. The van der Waals surface area contributed by atoms with Crippen LogP contribution in [0.15, 0.2) is 53.7 Å². The number of ether oxygens (including phenoxy) is 3. The molecule has 0 aromatic heterocycles. The van der Waals surface area contributed by atoms with E-state index < -0.39 is 23.8 Å². The van der Waals surface area contributed by atoms with E-state index in [9.17, 15) is 18.0 Å². The molecule has 1 saturated carbocycles. The molecule has 33 heavy (non-hydrogen) atoms. The Morgan fingerprint density at radius 3 is 2.09 bits per heavy atom. The van der Waals surface area contributed by atoms with Gasteiger partial charge in [-0.1, -0.05) is 11.6 Å². The van der Waals surface area contributed by atoms with E-state index in [0.717, 1.165) is 43.5 Å². The molecule has 1 fully saturated rings. The van der Waals surface area contributed by atoms with Gasteiger partial charge in [-0.15, -0.1) is 0 Å². The minimum absolute atomic E-state index is 0.0726. The Labute approximate surface area is 190 Å². The standard InChI is InChI=1S/C24H26F3NO5/c1-17(23(29)30-15-16-31-28-19-5-3-2-4-6-19)32-20-11-13-22(14-12-20)33-21-9-7-18(8-10-21)24(25,26)27/h7-14,17H,2-6,15-16H2,1H3/t17-/m1/s1. The van der Waals surface area contributed by atoms with Crippen LogP contribution >= 0.6 is 0 Å². The predicted molar refractivity (Wildman–Crippen MR) is 115 cm³/mol. The van der Waals surface area contributed by atoms with Crippen LogP contribution in [-0.2, 0) is 20.5 Å². The average Bonchev–Trinajstić information content (AvgIpc) is 2.80. The highest BCUT2D eigenvalue weighted by Gasteiger charge is 2.30. The number of carbonyl (C=O) groups is 1. The summed E-state index contributed by atoms with van der Waals surface area (Å²) in [4.78, 5) is 17.3. The van der Waals surface area contributed by atoms with Crippen LogP contribution in [0.4, 0.5) is 13.2 Å². The molecule has 2 aromatic carbocycles. The Balaban J connectivity index is 1.39. The normalized spacial score (nSPS) is 14.8. The lowest BCUT2D eigenvalue weighted by atomic mass is 9.99. The fourth-order valence-corrected chi connectivity index (χ4v) is 3.17. The van der Waals surface area contributed by atoms with Crippen LogP contribution < -0.4 is 9.47 Å². The zero-order chi connectivity index (χ0) is 23.7. The van der Waals surface area contributed by atoms with Crippen molar-refractivity contribution in [2.75, 3.05) is 13.2 Å². The van der Waals surface area contributed by atoms with Crippen molar-refractivity contribution in [3.05, 3.63) is 54.1 Å². The SMILES string of the molecule is C[C@@H](Oc1ccc(Oc2ccc(C(F)(F)F)cc2)cc1)C(=O)OCCON=C1CCCCC1. The van der Waals surface area contributed by atoms with Gasteiger partial charge in [-0.25, -0.2) is 4.79 Å². The van der Waals surface area contributed by atoms with Gasteiger partial charge in [0.2, 0.25) is 0 Å². The molecule has 1 aliphatic carbocycles. The van der Waals surface area contributed by atoms with E-state index in [4.69, 9.17) is 19.0 Å². The van der Waals surface area contributed by atoms with Crippen molar-refractivity contribution in [1.29, 1.82) is 0 Å². The zero-order valence-corrected chi connectivity index (χ0v) is 18.3. The van der Waals surface area contributed by atoms with Gasteiger partial charge in [-0.05, 0) is 81.1 Å². The van der Waals surface area contributed by atoms with Gasteiger partial charge in [-0.3, -0.25) is 0 Å². The first-order chi connectivity index (χ1) is 15.8. The third kappa shape index (κ3) is 8.00. The molecule has 0 heterocycles. The molecule has 0 bridgehead atoms. The maximum Gasteiger partial charge on any atom is 0.416 e. The van der Waals surface area contributed by atoms with E-state index in [0.29, 0.717) is 11.5 Å². The first-order valence-electron chi connectivity index (χ1n) is 10.8. The summed E-state index contributed by atoms with van der Waals surface area (Å²) in [6, 6.07) is 10.8. The third-order valence-corrected chi connectivity index (χ3v) is 4.93. The molecule has 2 aromatic rings. The molecule has 0 aliphatic heterocycles. The molecular formula is C24H26F3NO5. The van der Waals surface area contributed by atoms with Crippen molar-refractivity contribution in [3.8, 4) is 17.2 Å². The largest absolute Gasteiger partial charge is 0.479 e. The van der Waals surface area contributed by atoms with Crippen molar-refractivity contribution in [2.45, 2.75) is 51.3 Å². The molecule has 3 rings (SSSR count). The summed E-state index contributed by atoms with van der Waals surface area (Å²) in [5, 5.41) is 4.08. The van der Waals surface area contributed by atoms with Gasteiger partial charge < -0.3 is 19.0 Å². The summed E-state index contributed by atoms with van der Waals surface area (Å²) in [5.41, 5.74) is 0.304. The molecule has 9 heteroatoms. The molecular weight excluding hydrogens is 439 g/mol. The Kier molecular flexibility index (Phi) is 8.57. The minimum Gasteiger partial charge on any atom is -0.479 e. The lowest BCUT2D eigenvalue weighted by Gasteiger charge is -2.15. The Hall–Kier alpha value is -3.23. The van der Waals surface area contributed by atoms with E-state index >= 15 is 0 Å². The number of esters is 1. The number of alkyl halides is 3. The Bertz CT molecular complexity index is 919. The van der Waals surface area contributed by atoms with Crippen molar-refractivity contribution in [2.24, 2.45) is 5.16 Å². The van der Waals surface area contributed by atoms with Crippen LogP contribution in [0, 0.1) is 0 Å². The third-order valence-electron chi connectivity index (χ3n) is 4.93. The number of halogens is 3. The maximum atomic E-state index is 12.6. The molecule has 0 spiro atoms. The van der Waals surface area contributed by atoms with Gasteiger partial charge in [-0.2, -0.15) is 13.2 Å². The highest BCUT2D eigenvalue weighted by atomic mass is 19.4. The van der Waals surface area contributed by atoms with Crippen molar-refractivity contribution in [1.82, 2.24) is 0 Å². The van der Waals surface area contributed by atoms with E-state index in [2.05, 4.69) is 5.16 Å².